The fourth-order valence-electron chi connectivity index (χ4n) is 3.75. The Hall–Kier alpha value is -1.70. The lowest BCUT2D eigenvalue weighted by atomic mass is 9.92. The highest BCUT2D eigenvalue weighted by Crippen LogP contribution is 2.38. The number of rotatable bonds is 5. The van der Waals surface area contributed by atoms with Gasteiger partial charge in [-0.3, -0.25) is 0 Å². The Balaban J connectivity index is 0.000000870. The topological polar surface area (TPSA) is 12.0 Å². The number of thiocarbonyl (C=S) groups is 1. The number of hydrogen-bond donors (Lipinski definition) is 2. The molecule has 1 fully saturated rings. The van der Waals surface area contributed by atoms with Crippen LogP contribution in [-0.2, 0) is 11.8 Å². The molecule has 2 aliphatic rings. The molecule has 1 N–H and O–H groups in total. The van der Waals surface area contributed by atoms with Crippen molar-refractivity contribution in [2.24, 2.45) is 5.92 Å². The van der Waals surface area contributed by atoms with Crippen LogP contribution < -0.4 is 5.32 Å². The van der Waals surface area contributed by atoms with Crippen molar-refractivity contribution in [3.63, 3.8) is 0 Å². The molecule has 3 rings (SSSR count). The predicted octanol–water partition coefficient (Wildman–Crippen LogP) is 10.4. The molecule has 214 valence electrons. The van der Waals surface area contributed by atoms with E-state index in [1.807, 2.05) is 39.8 Å². The molecule has 1 aromatic carbocycles. The molecule has 0 atom stereocenters. The Kier molecular flexibility index (Phi) is 17.0. The van der Waals surface area contributed by atoms with Crippen molar-refractivity contribution in [1.29, 1.82) is 0 Å². The Morgan fingerprint density at radius 2 is 1.61 bits per heavy atom. The van der Waals surface area contributed by atoms with Crippen LogP contribution in [0.3, 0.4) is 0 Å². The largest absolute Gasteiger partial charge is 0.416 e. The van der Waals surface area contributed by atoms with Gasteiger partial charge in [0.15, 0.2) is 0 Å². The van der Waals surface area contributed by atoms with Gasteiger partial charge in [-0.2, -0.15) is 13.2 Å². The zero-order valence-corrected chi connectivity index (χ0v) is 25.6. The maximum Gasteiger partial charge on any atom is 0.416 e. The van der Waals surface area contributed by atoms with Crippen molar-refractivity contribution in [2.75, 3.05) is 13.1 Å². The predicted molar refractivity (Wildman–Crippen MR) is 165 cm³/mol. The standard InChI is InChI=1S/C20H20F4S.C7H15N.C2H4S.C2H6/c1-12(2)18(25)8-13-5-6-14(7-13)15-9-16(19(3,4)21)11-17(10-15)20(22,23)24;1-2-7-3-5-8-6-4-7;1-2-3;1-2/h5-6,8-11,25H,1,7H2,2-4H3;7-8H,2-6H2,1H3;2H,1H3;1-2H3/b18-8-;;;. The fraction of sp³-hybridized carbons (Fsp3) is 0.516. The molecule has 1 nitrogen and oxygen atoms in total. The second-order valence-corrected chi connectivity index (χ2v) is 10.5. The Morgan fingerprint density at radius 1 is 1.08 bits per heavy atom. The van der Waals surface area contributed by atoms with E-state index < -0.39 is 17.4 Å². The molecule has 1 aliphatic carbocycles. The number of thiol groups is 1. The molecule has 0 aromatic heterocycles. The lowest BCUT2D eigenvalue weighted by Gasteiger charge is -2.20. The molecular formula is C31H45F4NS2. The summed E-state index contributed by atoms with van der Waals surface area (Å²) in [6, 6.07) is 3.43. The first-order valence-electron chi connectivity index (χ1n) is 13.2. The van der Waals surface area contributed by atoms with Crippen LogP contribution in [0, 0.1) is 5.92 Å². The van der Waals surface area contributed by atoms with E-state index in [4.69, 9.17) is 0 Å². The summed E-state index contributed by atoms with van der Waals surface area (Å²) in [6.45, 7) is 18.7. The van der Waals surface area contributed by atoms with Gasteiger partial charge in [-0.15, -0.1) is 12.6 Å². The van der Waals surface area contributed by atoms with Gasteiger partial charge >= 0.3 is 6.18 Å². The molecule has 1 saturated heterocycles. The van der Waals surface area contributed by atoms with E-state index in [1.165, 1.54) is 52.3 Å². The number of hydrogen-bond acceptors (Lipinski definition) is 3. The molecule has 1 aliphatic heterocycles. The quantitative estimate of drug-likeness (QED) is 0.158. The van der Waals surface area contributed by atoms with Gasteiger partial charge in [0.1, 0.15) is 5.67 Å². The number of benzene rings is 1. The second-order valence-electron chi connectivity index (χ2n) is 9.53. The minimum Gasteiger partial charge on any atom is -0.317 e. The van der Waals surface area contributed by atoms with E-state index >= 15 is 0 Å². The molecule has 1 heterocycles. The molecule has 0 amide bonds. The highest BCUT2D eigenvalue weighted by atomic mass is 32.1. The van der Waals surface area contributed by atoms with Crippen LogP contribution in [0.4, 0.5) is 17.6 Å². The Bertz CT molecular complexity index is 944. The average molecular weight is 572 g/mol. The molecule has 38 heavy (non-hydrogen) atoms. The SMILES string of the molecule is C=C(C)/C(S)=C/C1=CC=C(c2cc(C(C)(C)F)cc(C(F)(F)F)c2)C1.CC.CC=S.CCC1CCNCC1. The summed E-state index contributed by atoms with van der Waals surface area (Å²) in [5.41, 5.74) is 0.131. The van der Waals surface area contributed by atoms with Gasteiger partial charge in [0.25, 0.3) is 0 Å². The smallest absolute Gasteiger partial charge is 0.317 e. The summed E-state index contributed by atoms with van der Waals surface area (Å²) in [4.78, 5) is 0.718. The van der Waals surface area contributed by atoms with Gasteiger partial charge in [0, 0.05) is 4.91 Å². The summed E-state index contributed by atoms with van der Waals surface area (Å²) in [5.74, 6) is 1.02. The van der Waals surface area contributed by atoms with Crippen LogP contribution in [0.15, 0.2) is 59.1 Å². The van der Waals surface area contributed by atoms with Gasteiger partial charge in [0.2, 0.25) is 0 Å². The van der Waals surface area contributed by atoms with Crippen molar-refractivity contribution >= 4 is 35.8 Å². The maximum absolute atomic E-state index is 14.3. The van der Waals surface area contributed by atoms with E-state index in [-0.39, 0.29) is 5.56 Å². The normalized spacial score (nSPS) is 15.9. The highest BCUT2D eigenvalue weighted by molar-refractivity contribution is 7.84. The van der Waals surface area contributed by atoms with Crippen LogP contribution in [0.1, 0.15) is 90.8 Å². The first-order valence-corrected chi connectivity index (χ1v) is 14.1. The molecular weight excluding hydrogens is 526 g/mol. The summed E-state index contributed by atoms with van der Waals surface area (Å²) in [7, 11) is 0. The molecule has 0 saturated carbocycles. The summed E-state index contributed by atoms with van der Waals surface area (Å²) in [6.07, 6.45) is 5.54. The second kappa shape index (κ2) is 17.8. The molecule has 0 unspecified atom stereocenters. The minimum atomic E-state index is -4.52. The van der Waals surface area contributed by atoms with Gasteiger partial charge in [-0.1, -0.05) is 58.1 Å². The van der Waals surface area contributed by atoms with E-state index in [0.29, 0.717) is 17.6 Å². The molecule has 1 aromatic rings. The highest BCUT2D eigenvalue weighted by Gasteiger charge is 2.33. The molecule has 0 spiro atoms. The number of piperidine rings is 1. The van der Waals surface area contributed by atoms with Gasteiger partial charge < -0.3 is 5.32 Å². The zero-order valence-electron chi connectivity index (χ0n) is 23.9. The molecule has 0 radical (unpaired) electrons. The zero-order chi connectivity index (χ0) is 29.5. The number of allylic oxidation sites excluding steroid dienone is 6. The summed E-state index contributed by atoms with van der Waals surface area (Å²) < 4.78 is 53.8. The third-order valence-corrected chi connectivity index (χ3v) is 6.52. The lowest BCUT2D eigenvalue weighted by molar-refractivity contribution is -0.137. The van der Waals surface area contributed by atoms with Gasteiger partial charge in [0.05, 0.1) is 5.56 Å². The first kappa shape index (κ1) is 36.3. The average Bonchev–Trinajstić information content (AvgIpc) is 3.34. The van der Waals surface area contributed by atoms with Crippen LogP contribution in [0.2, 0.25) is 0 Å². The van der Waals surface area contributed by atoms with E-state index in [0.717, 1.165) is 34.1 Å². The van der Waals surface area contributed by atoms with Crippen LogP contribution in [0.5, 0.6) is 0 Å². The number of nitrogens with one attached hydrogen (secondary N) is 1. The van der Waals surface area contributed by atoms with E-state index in [9.17, 15) is 17.6 Å². The van der Waals surface area contributed by atoms with Crippen LogP contribution in [-0.4, -0.2) is 18.5 Å². The summed E-state index contributed by atoms with van der Waals surface area (Å²) in [5, 5.41) is 4.93. The Labute approximate surface area is 239 Å². The van der Waals surface area contributed by atoms with Crippen LogP contribution in [0.25, 0.3) is 5.57 Å². The van der Waals surface area contributed by atoms with Crippen molar-refractivity contribution in [3.05, 3.63) is 75.7 Å². The third kappa shape index (κ3) is 13.4. The molecule has 0 bridgehead atoms. The minimum absolute atomic E-state index is 0.0130. The monoisotopic (exact) mass is 571 g/mol. The van der Waals surface area contributed by atoms with Crippen molar-refractivity contribution in [2.45, 2.75) is 86.0 Å². The van der Waals surface area contributed by atoms with Crippen molar-refractivity contribution in [1.82, 2.24) is 5.32 Å². The van der Waals surface area contributed by atoms with Crippen molar-refractivity contribution < 1.29 is 17.6 Å². The number of alkyl halides is 4. The van der Waals surface area contributed by atoms with Gasteiger partial charge in [-0.05, 0) is 123 Å². The fourth-order valence-corrected chi connectivity index (χ4v) is 3.92. The van der Waals surface area contributed by atoms with Crippen LogP contribution >= 0.6 is 24.8 Å². The lowest BCUT2D eigenvalue weighted by Crippen LogP contribution is -2.27. The van der Waals surface area contributed by atoms with E-state index in [2.05, 4.69) is 43.7 Å². The van der Waals surface area contributed by atoms with Crippen molar-refractivity contribution in [3.8, 4) is 0 Å². The van der Waals surface area contributed by atoms with Gasteiger partial charge in [-0.25, -0.2) is 4.39 Å². The van der Waals surface area contributed by atoms with E-state index in [1.54, 1.807) is 11.4 Å². The maximum atomic E-state index is 14.3. The summed E-state index contributed by atoms with van der Waals surface area (Å²) >= 11 is 8.59. The third-order valence-electron chi connectivity index (χ3n) is 6.01. The molecule has 7 heteroatoms. The first-order chi connectivity index (χ1) is 17.7. The Morgan fingerprint density at radius 3 is 2.03 bits per heavy atom. The number of halogens is 4.